The summed E-state index contributed by atoms with van der Waals surface area (Å²) in [6.45, 7) is 6.12. The second-order valence-electron chi connectivity index (χ2n) is 4.83. The van der Waals surface area contributed by atoms with Gasteiger partial charge in [0.2, 0.25) is 0 Å². The minimum Gasteiger partial charge on any atom is -0.366 e. The number of anilines is 1. The number of aryl methyl sites for hydroxylation is 1. The normalized spacial score (nSPS) is 21.1. The summed E-state index contributed by atoms with van der Waals surface area (Å²) < 4.78 is 0. The van der Waals surface area contributed by atoms with Gasteiger partial charge in [-0.1, -0.05) is 0 Å². The maximum absolute atomic E-state index is 9.05. The Morgan fingerprint density at radius 1 is 1.61 bits per heavy atom. The molecule has 1 aromatic heterocycles. The molecule has 0 aliphatic carbocycles. The SMILES string of the molecule is Cc1ncc(C#N)c(NC(C)C2CCCNC2)n1. The summed E-state index contributed by atoms with van der Waals surface area (Å²) in [6, 6.07) is 2.43. The van der Waals surface area contributed by atoms with E-state index in [1.807, 2.05) is 6.92 Å². The van der Waals surface area contributed by atoms with Crippen LogP contribution in [0.5, 0.6) is 0 Å². The minimum absolute atomic E-state index is 0.305. The lowest BCUT2D eigenvalue weighted by Gasteiger charge is -2.29. The summed E-state index contributed by atoms with van der Waals surface area (Å²) in [5, 5.41) is 15.8. The molecule has 1 aliphatic rings. The molecule has 5 heteroatoms. The van der Waals surface area contributed by atoms with Crippen LogP contribution in [0.25, 0.3) is 0 Å². The van der Waals surface area contributed by atoms with Crippen molar-refractivity contribution in [1.29, 1.82) is 5.26 Å². The molecule has 2 heterocycles. The summed E-state index contributed by atoms with van der Waals surface area (Å²) in [6.07, 6.45) is 4.01. The van der Waals surface area contributed by atoms with Crippen LogP contribution in [-0.2, 0) is 0 Å². The number of nitrogens with one attached hydrogen (secondary N) is 2. The van der Waals surface area contributed by atoms with E-state index in [4.69, 9.17) is 5.26 Å². The zero-order valence-corrected chi connectivity index (χ0v) is 10.9. The van der Waals surface area contributed by atoms with Crippen LogP contribution in [0, 0.1) is 24.2 Å². The molecule has 0 spiro atoms. The van der Waals surface area contributed by atoms with E-state index in [2.05, 4.69) is 33.6 Å². The van der Waals surface area contributed by atoms with Crippen molar-refractivity contribution in [2.24, 2.45) is 5.92 Å². The first kappa shape index (κ1) is 12.8. The molecule has 2 N–H and O–H groups in total. The summed E-state index contributed by atoms with van der Waals surface area (Å²) in [5.41, 5.74) is 0.510. The minimum atomic E-state index is 0.305. The average Bonchev–Trinajstić information content (AvgIpc) is 2.40. The van der Waals surface area contributed by atoms with Crippen molar-refractivity contribution in [3.63, 3.8) is 0 Å². The van der Waals surface area contributed by atoms with Crippen LogP contribution in [0.3, 0.4) is 0 Å². The fraction of sp³-hybridized carbons (Fsp3) is 0.615. The van der Waals surface area contributed by atoms with Gasteiger partial charge in [-0.2, -0.15) is 5.26 Å². The van der Waals surface area contributed by atoms with E-state index in [1.54, 1.807) is 6.20 Å². The molecule has 0 amide bonds. The Balaban J connectivity index is 2.08. The number of hydrogen-bond acceptors (Lipinski definition) is 5. The van der Waals surface area contributed by atoms with Gasteiger partial charge in [0.15, 0.2) is 0 Å². The molecular weight excluding hydrogens is 226 g/mol. The summed E-state index contributed by atoms with van der Waals surface area (Å²) in [5.74, 6) is 1.93. The summed E-state index contributed by atoms with van der Waals surface area (Å²) in [7, 11) is 0. The van der Waals surface area contributed by atoms with E-state index in [9.17, 15) is 0 Å². The van der Waals surface area contributed by atoms with Gasteiger partial charge in [-0.05, 0) is 45.7 Å². The number of aromatic nitrogens is 2. The molecule has 2 atom stereocenters. The zero-order chi connectivity index (χ0) is 13.0. The highest BCUT2D eigenvalue weighted by molar-refractivity contribution is 5.51. The molecule has 96 valence electrons. The van der Waals surface area contributed by atoms with Crippen LogP contribution in [0.2, 0.25) is 0 Å². The molecular formula is C13H19N5. The van der Waals surface area contributed by atoms with Crippen molar-refractivity contribution < 1.29 is 0 Å². The lowest BCUT2D eigenvalue weighted by molar-refractivity contribution is 0.346. The van der Waals surface area contributed by atoms with Gasteiger partial charge in [0.05, 0.1) is 6.20 Å². The Labute approximate surface area is 108 Å². The van der Waals surface area contributed by atoms with Gasteiger partial charge in [0, 0.05) is 6.04 Å². The maximum Gasteiger partial charge on any atom is 0.147 e. The maximum atomic E-state index is 9.05. The Hall–Kier alpha value is -1.67. The molecule has 0 saturated carbocycles. The van der Waals surface area contributed by atoms with E-state index in [0.29, 0.717) is 29.2 Å². The number of nitriles is 1. The quantitative estimate of drug-likeness (QED) is 0.843. The molecule has 18 heavy (non-hydrogen) atoms. The molecule has 0 aromatic carbocycles. The third-order valence-electron chi connectivity index (χ3n) is 3.44. The first-order chi connectivity index (χ1) is 8.70. The van der Waals surface area contributed by atoms with Gasteiger partial charge in [-0.15, -0.1) is 0 Å². The molecule has 1 aromatic rings. The smallest absolute Gasteiger partial charge is 0.147 e. The van der Waals surface area contributed by atoms with Crippen LogP contribution in [-0.4, -0.2) is 29.1 Å². The van der Waals surface area contributed by atoms with Gasteiger partial charge in [0.25, 0.3) is 0 Å². The average molecular weight is 245 g/mol. The number of piperidine rings is 1. The molecule has 5 nitrogen and oxygen atoms in total. The van der Waals surface area contributed by atoms with Crippen molar-refractivity contribution in [2.45, 2.75) is 32.7 Å². The summed E-state index contributed by atoms with van der Waals surface area (Å²) >= 11 is 0. The Morgan fingerprint density at radius 3 is 3.11 bits per heavy atom. The van der Waals surface area contributed by atoms with Crippen LogP contribution in [0.1, 0.15) is 31.2 Å². The molecule has 1 fully saturated rings. The predicted molar refractivity (Wildman–Crippen MR) is 70.2 cm³/mol. The third-order valence-corrected chi connectivity index (χ3v) is 3.44. The fourth-order valence-corrected chi connectivity index (χ4v) is 2.30. The van der Waals surface area contributed by atoms with Crippen molar-refractivity contribution >= 4 is 5.82 Å². The lowest BCUT2D eigenvalue weighted by Crippen LogP contribution is -2.39. The van der Waals surface area contributed by atoms with Gasteiger partial charge >= 0.3 is 0 Å². The monoisotopic (exact) mass is 245 g/mol. The van der Waals surface area contributed by atoms with Crippen LogP contribution < -0.4 is 10.6 Å². The van der Waals surface area contributed by atoms with E-state index < -0.39 is 0 Å². The molecule has 1 saturated heterocycles. The van der Waals surface area contributed by atoms with E-state index >= 15 is 0 Å². The molecule has 0 bridgehead atoms. The lowest BCUT2D eigenvalue weighted by atomic mass is 9.93. The Kier molecular flexibility index (Phi) is 4.11. The van der Waals surface area contributed by atoms with Gasteiger partial charge in [-0.25, -0.2) is 9.97 Å². The fourth-order valence-electron chi connectivity index (χ4n) is 2.30. The second-order valence-corrected chi connectivity index (χ2v) is 4.83. The third kappa shape index (κ3) is 2.96. The van der Waals surface area contributed by atoms with Gasteiger partial charge in [-0.3, -0.25) is 0 Å². The highest BCUT2D eigenvalue weighted by Crippen LogP contribution is 2.19. The zero-order valence-electron chi connectivity index (χ0n) is 10.9. The van der Waals surface area contributed by atoms with Crippen molar-refractivity contribution in [3.05, 3.63) is 17.6 Å². The number of nitrogens with zero attached hydrogens (tertiary/aromatic N) is 3. The van der Waals surface area contributed by atoms with Crippen LogP contribution in [0.15, 0.2) is 6.20 Å². The molecule has 2 unspecified atom stereocenters. The van der Waals surface area contributed by atoms with Crippen molar-refractivity contribution in [3.8, 4) is 6.07 Å². The van der Waals surface area contributed by atoms with Crippen LogP contribution >= 0.6 is 0 Å². The van der Waals surface area contributed by atoms with Gasteiger partial charge in [0.1, 0.15) is 23.3 Å². The topological polar surface area (TPSA) is 73.6 Å². The van der Waals surface area contributed by atoms with Crippen LogP contribution in [0.4, 0.5) is 5.82 Å². The molecule has 1 aliphatic heterocycles. The van der Waals surface area contributed by atoms with Crippen molar-refractivity contribution in [2.75, 3.05) is 18.4 Å². The van der Waals surface area contributed by atoms with E-state index in [-0.39, 0.29) is 0 Å². The van der Waals surface area contributed by atoms with E-state index in [1.165, 1.54) is 12.8 Å². The molecule has 2 rings (SSSR count). The molecule has 0 radical (unpaired) electrons. The highest BCUT2D eigenvalue weighted by atomic mass is 15.1. The predicted octanol–water partition coefficient (Wildman–Crippen LogP) is 1.46. The largest absolute Gasteiger partial charge is 0.366 e. The first-order valence-electron chi connectivity index (χ1n) is 6.41. The standard InChI is InChI=1S/C13H19N5/c1-9(11-4-3-5-15-7-11)17-13-12(6-14)8-16-10(2)18-13/h8-9,11,15H,3-5,7H2,1-2H3,(H,16,17,18). The highest BCUT2D eigenvalue weighted by Gasteiger charge is 2.20. The van der Waals surface area contributed by atoms with Gasteiger partial charge < -0.3 is 10.6 Å². The van der Waals surface area contributed by atoms with Crippen molar-refractivity contribution in [1.82, 2.24) is 15.3 Å². The Bertz CT molecular complexity index is 445. The summed E-state index contributed by atoms with van der Waals surface area (Å²) in [4.78, 5) is 8.36. The number of rotatable bonds is 3. The van der Waals surface area contributed by atoms with E-state index in [0.717, 1.165) is 13.1 Å². The first-order valence-corrected chi connectivity index (χ1v) is 6.41. The second kappa shape index (κ2) is 5.78. The Morgan fingerprint density at radius 2 is 2.44 bits per heavy atom. The number of hydrogen-bond donors (Lipinski definition) is 2.